The van der Waals surface area contributed by atoms with E-state index in [0.717, 1.165) is 5.56 Å². The zero-order chi connectivity index (χ0) is 12.7. The van der Waals surface area contributed by atoms with Gasteiger partial charge in [0.2, 0.25) is 0 Å². The zero-order valence-corrected chi connectivity index (χ0v) is 10.2. The maximum Gasteiger partial charge on any atom is 0.330 e. The molecular formula is C14H18O3. The third-order valence-corrected chi connectivity index (χ3v) is 2.45. The monoisotopic (exact) mass is 234 g/mol. The van der Waals surface area contributed by atoms with Gasteiger partial charge in [-0.1, -0.05) is 36.4 Å². The van der Waals surface area contributed by atoms with Crippen LogP contribution in [0.4, 0.5) is 0 Å². The molecule has 1 aromatic rings. The van der Waals surface area contributed by atoms with Crippen molar-refractivity contribution < 1.29 is 14.6 Å². The third-order valence-electron chi connectivity index (χ3n) is 2.45. The largest absolute Gasteiger partial charge is 0.463 e. The van der Waals surface area contributed by atoms with Crippen molar-refractivity contribution in [3.05, 3.63) is 48.0 Å². The molecule has 1 N–H and O–H groups in total. The highest BCUT2D eigenvalue weighted by Gasteiger charge is 2.20. The van der Waals surface area contributed by atoms with E-state index >= 15 is 0 Å². The Morgan fingerprint density at radius 1 is 1.41 bits per heavy atom. The lowest BCUT2D eigenvalue weighted by molar-refractivity contribution is -0.137. The summed E-state index contributed by atoms with van der Waals surface area (Å²) >= 11 is 0. The number of carbonyl (C=O) groups is 1. The number of aliphatic hydroxyl groups is 1. The van der Waals surface area contributed by atoms with Crippen LogP contribution in [0.3, 0.4) is 0 Å². The van der Waals surface area contributed by atoms with E-state index in [1.807, 2.05) is 30.3 Å². The van der Waals surface area contributed by atoms with Crippen molar-refractivity contribution in [2.45, 2.75) is 25.9 Å². The van der Waals surface area contributed by atoms with E-state index in [0.29, 0.717) is 13.0 Å². The van der Waals surface area contributed by atoms with Gasteiger partial charge < -0.3 is 9.84 Å². The van der Waals surface area contributed by atoms with Crippen LogP contribution in [0, 0.1) is 0 Å². The molecule has 1 rings (SSSR count). The number of ether oxygens (including phenoxy) is 1. The van der Waals surface area contributed by atoms with Crippen LogP contribution < -0.4 is 0 Å². The fraction of sp³-hybridized carbons (Fsp3) is 0.357. The molecule has 0 aliphatic carbocycles. The molecule has 17 heavy (non-hydrogen) atoms. The molecule has 0 bridgehead atoms. The van der Waals surface area contributed by atoms with Crippen molar-refractivity contribution in [1.29, 1.82) is 0 Å². The van der Waals surface area contributed by atoms with E-state index in [9.17, 15) is 9.90 Å². The Hall–Kier alpha value is -1.61. The molecule has 0 saturated heterocycles. The summed E-state index contributed by atoms with van der Waals surface area (Å²) in [4.78, 5) is 11.1. The van der Waals surface area contributed by atoms with Crippen LogP contribution >= 0.6 is 0 Å². The first-order chi connectivity index (χ1) is 8.06. The van der Waals surface area contributed by atoms with Crippen LogP contribution in [-0.4, -0.2) is 17.7 Å². The molecule has 0 saturated carbocycles. The minimum absolute atomic E-state index is 0.359. The fourth-order valence-electron chi connectivity index (χ4n) is 1.49. The number of hydrogen-bond acceptors (Lipinski definition) is 3. The van der Waals surface area contributed by atoms with Crippen LogP contribution in [0.5, 0.6) is 0 Å². The summed E-state index contributed by atoms with van der Waals surface area (Å²) in [6, 6.07) is 9.36. The lowest BCUT2D eigenvalue weighted by Gasteiger charge is -2.21. The Bertz CT molecular complexity index is 380. The van der Waals surface area contributed by atoms with Gasteiger partial charge >= 0.3 is 5.97 Å². The Morgan fingerprint density at radius 2 is 2.06 bits per heavy atom. The van der Waals surface area contributed by atoms with Gasteiger partial charge in [-0.15, -0.1) is 0 Å². The number of benzene rings is 1. The number of rotatable bonds is 5. The van der Waals surface area contributed by atoms with E-state index in [2.05, 4.69) is 0 Å². The van der Waals surface area contributed by atoms with Gasteiger partial charge in [0, 0.05) is 6.08 Å². The predicted molar refractivity (Wildman–Crippen MR) is 66.4 cm³/mol. The molecule has 0 spiro atoms. The van der Waals surface area contributed by atoms with Crippen LogP contribution in [0.25, 0.3) is 0 Å². The molecule has 0 heterocycles. The van der Waals surface area contributed by atoms with Crippen LogP contribution in [0.15, 0.2) is 42.5 Å². The van der Waals surface area contributed by atoms with Crippen LogP contribution in [0.1, 0.15) is 25.8 Å². The molecule has 0 fully saturated rings. The summed E-state index contributed by atoms with van der Waals surface area (Å²) in [5.41, 5.74) is -0.141. The minimum Gasteiger partial charge on any atom is -0.463 e. The first kappa shape index (κ1) is 13.5. The van der Waals surface area contributed by atoms with Gasteiger partial charge in [-0.3, -0.25) is 0 Å². The van der Waals surface area contributed by atoms with Gasteiger partial charge in [0.25, 0.3) is 0 Å². The van der Waals surface area contributed by atoms with E-state index in [-0.39, 0.29) is 5.97 Å². The second kappa shape index (κ2) is 6.21. The summed E-state index contributed by atoms with van der Waals surface area (Å²) < 4.78 is 4.75. The lowest BCUT2D eigenvalue weighted by atomic mass is 9.92. The topological polar surface area (TPSA) is 46.5 Å². The van der Waals surface area contributed by atoms with Gasteiger partial charge in [-0.25, -0.2) is 4.79 Å². The van der Waals surface area contributed by atoms with Crippen molar-refractivity contribution in [2.24, 2.45) is 0 Å². The average Bonchev–Trinajstić information content (AvgIpc) is 2.30. The standard InChI is InChI=1S/C14H18O3/c1-3-17-13(15)10-7-11-14(2,16)12-8-5-4-6-9-12/h4-10,16H,3,11H2,1-2H3/b10-7-. The smallest absolute Gasteiger partial charge is 0.330 e. The minimum atomic E-state index is -0.968. The fourth-order valence-corrected chi connectivity index (χ4v) is 1.49. The number of hydrogen-bond donors (Lipinski definition) is 1. The van der Waals surface area contributed by atoms with Crippen molar-refractivity contribution >= 4 is 5.97 Å². The molecular weight excluding hydrogens is 216 g/mol. The van der Waals surface area contributed by atoms with Crippen molar-refractivity contribution in [3.63, 3.8) is 0 Å². The Balaban J connectivity index is 2.59. The Kier molecular flexibility index (Phi) is 4.91. The first-order valence-corrected chi connectivity index (χ1v) is 5.67. The third kappa shape index (κ3) is 4.41. The van der Waals surface area contributed by atoms with E-state index in [4.69, 9.17) is 4.74 Å². The SMILES string of the molecule is CCOC(=O)/C=C\CC(C)(O)c1ccccc1. The van der Waals surface area contributed by atoms with Gasteiger partial charge in [-0.05, 0) is 25.8 Å². The van der Waals surface area contributed by atoms with Crippen molar-refractivity contribution in [1.82, 2.24) is 0 Å². The van der Waals surface area contributed by atoms with Crippen molar-refractivity contribution in [2.75, 3.05) is 6.61 Å². The molecule has 0 radical (unpaired) electrons. The zero-order valence-electron chi connectivity index (χ0n) is 10.2. The van der Waals surface area contributed by atoms with Crippen LogP contribution in [-0.2, 0) is 15.1 Å². The molecule has 1 unspecified atom stereocenters. The van der Waals surface area contributed by atoms with Crippen molar-refractivity contribution in [3.8, 4) is 0 Å². The first-order valence-electron chi connectivity index (χ1n) is 5.67. The summed E-state index contributed by atoms with van der Waals surface area (Å²) in [6.45, 7) is 3.84. The Morgan fingerprint density at radius 3 is 2.65 bits per heavy atom. The maximum absolute atomic E-state index is 11.1. The summed E-state index contributed by atoms with van der Waals surface area (Å²) in [5, 5.41) is 10.2. The summed E-state index contributed by atoms with van der Waals surface area (Å²) in [7, 11) is 0. The summed E-state index contributed by atoms with van der Waals surface area (Å²) in [5.74, 6) is -0.378. The molecule has 92 valence electrons. The highest BCUT2D eigenvalue weighted by molar-refractivity contribution is 5.81. The molecule has 3 nitrogen and oxygen atoms in total. The summed E-state index contributed by atoms with van der Waals surface area (Å²) in [6.07, 6.45) is 3.35. The Labute approximate surface area is 102 Å². The average molecular weight is 234 g/mol. The van der Waals surface area contributed by atoms with E-state index < -0.39 is 5.60 Å². The van der Waals surface area contributed by atoms with Gasteiger partial charge in [0.1, 0.15) is 0 Å². The highest BCUT2D eigenvalue weighted by Crippen LogP contribution is 2.24. The van der Waals surface area contributed by atoms with Crippen LogP contribution in [0.2, 0.25) is 0 Å². The normalized spacial score (nSPS) is 14.5. The maximum atomic E-state index is 11.1. The number of carbonyl (C=O) groups excluding carboxylic acids is 1. The van der Waals surface area contributed by atoms with Gasteiger partial charge in [0.05, 0.1) is 12.2 Å². The second-order valence-electron chi connectivity index (χ2n) is 4.00. The molecule has 1 aromatic carbocycles. The molecule has 1 atom stereocenters. The molecule has 0 amide bonds. The van der Waals surface area contributed by atoms with E-state index in [1.54, 1.807) is 19.9 Å². The molecule has 0 aromatic heterocycles. The lowest BCUT2D eigenvalue weighted by Crippen LogP contribution is -2.19. The van der Waals surface area contributed by atoms with E-state index in [1.165, 1.54) is 6.08 Å². The molecule has 0 aliphatic rings. The molecule has 3 heteroatoms. The highest BCUT2D eigenvalue weighted by atomic mass is 16.5. The quantitative estimate of drug-likeness (QED) is 0.628. The number of esters is 1. The predicted octanol–water partition coefficient (Wildman–Crippen LogP) is 2.40. The molecule has 0 aliphatic heterocycles. The van der Waals surface area contributed by atoms with Gasteiger partial charge in [0.15, 0.2) is 0 Å². The van der Waals surface area contributed by atoms with Gasteiger partial charge in [-0.2, -0.15) is 0 Å². The second-order valence-corrected chi connectivity index (χ2v) is 4.00.